The second kappa shape index (κ2) is 6.43. The Hall–Kier alpha value is -1.62. The van der Waals surface area contributed by atoms with Gasteiger partial charge in [0.25, 0.3) is 5.69 Å². The summed E-state index contributed by atoms with van der Waals surface area (Å²) in [7, 11) is 0. The van der Waals surface area contributed by atoms with Gasteiger partial charge in [-0.2, -0.15) is 0 Å². The van der Waals surface area contributed by atoms with Crippen molar-refractivity contribution >= 4 is 11.4 Å². The largest absolute Gasteiger partial charge is 0.385 e. The van der Waals surface area contributed by atoms with Crippen molar-refractivity contribution in [1.82, 2.24) is 4.90 Å². The fraction of sp³-hybridized carbons (Fsp3) is 0.625. The summed E-state index contributed by atoms with van der Waals surface area (Å²) < 4.78 is 0. The smallest absolute Gasteiger partial charge is 0.269 e. The number of hydrogen-bond donors (Lipinski definition) is 1. The van der Waals surface area contributed by atoms with Crippen LogP contribution in [0.1, 0.15) is 39.2 Å². The van der Waals surface area contributed by atoms with E-state index in [0.29, 0.717) is 5.41 Å². The third-order valence-corrected chi connectivity index (χ3v) is 4.02. The summed E-state index contributed by atoms with van der Waals surface area (Å²) in [6, 6.07) is 5.13. The Bertz CT molecular complexity index is 514. The molecule has 0 aliphatic carbocycles. The highest BCUT2D eigenvalue weighted by Gasteiger charge is 2.29. The van der Waals surface area contributed by atoms with Crippen molar-refractivity contribution in [2.24, 2.45) is 5.41 Å². The molecule has 0 spiro atoms. The summed E-state index contributed by atoms with van der Waals surface area (Å²) in [4.78, 5) is 13.1. The molecular formula is C16H25N3O2. The Kier molecular flexibility index (Phi) is 4.83. The zero-order valence-electron chi connectivity index (χ0n) is 13.2. The van der Waals surface area contributed by atoms with Crippen molar-refractivity contribution in [3.63, 3.8) is 0 Å². The summed E-state index contributed by atoms with van der Waals surface area (Å²) in [6.07, 6.45) is 2.22. The number of anilines is 1. The first-order chi connectivity index (χ1) is 9.91. The Morgan fingerprint density at radius 3 is 2.76 bits per heavy atom. The first-order valence-electron chi connectivity index (χ1n) is 7.65. The molecule has 1 saturated heterocycles. The van der Waals surface area contributed by atoms with Crippen LogP contribution in [0.2, 0.25) is 0 Å². The minimum absolute atomic E-state index is 0.172. The highest BCUT2D eigenvalue weighted by molar-refractivity contribution is 5.56. The zero-order valence-corrected chi connectivity index (χ0v) is 13.2. The summed E-state index contributed by atoms with van der Waals surface area (Å²) >= 11 is 0. The van der Waals surface area contributed by atoms with Crippen LogP contribution in [0.25, 0.3) is 0 Å². The summed E-state index contributed by atoms with van der Waals surface area (Å²) in [6.45, 7) is 10.4. The molecule has 1 N–H and O–H groups in total. The molecule has 1 aromatic carbocycles. The average Bonchev–Trinajstić information content (AvgIpc) is 2.76. The lowest BCUT2D eigenvalue weighted by molar-refractivity contribution is -0.384. The predicted molar refractivity (Wildman–Crippen MR) is 85.6 cm³/mol. The third-order valence-electron chi connectivity index (χ3n) is 4.02. The molecule has 5 heteroatoms. The van der Waals surface area contributed by atoms with Gasteiger partial charge in [0.2, 0.25) is 0 Å². The van der Waals surface area contributed by atoms with E-state index < -0.39 is 0 Å². The highest BCUT2D eigenvalue weighted by Crippen LogP contribution is 2.31. The highest BCUT2D eigenvalue weighted by atomic mass is 16.6. The molecule has 0 radical (unpaired) electrons. The van der Waals surface area contributed by atoms with Gasteiger partial charge in [0, 0.05) is 37.5 Å². The van der Waals surface area contributed by atoms with E-state index in [1.807, 2.05) is 6.07 Å². The van der Waals surface area contributed by atoms with Crippen LogP contribution in [-0.2, 0) is 6.54 Å². The molecular weight excluding hydrogens is 266 g/mol. The molecule has 1 heterocycles. The van der Waals surface area contributed by atoms with Crippen LogP contribution in [-0.4, -0.2) is 29.5 Å². The number of non-ortho nitro benzene ring substituents is 1. The molecule has 2 rings (SSSR count). The molecule has 0 aromatic heterocycles. The number of nitro groups is 1. The topological polar surface area (TPSA) is 58.4 Å². The molecule has 0 bridgehead atoms. The summed E-state index contributed by atoms with van der Waals surface area (Å²) in [5.41, 5.74) is 2.56. The number of nitrogens with zero attached hydrogens (tertiary/aromatic N) is 2. The fourth-order valence-electron chi connectivity index (χ4n) is 2.86. The standard InChI is InChI=1S/C16H25N3O2/c1-4-8-17-15-6-5-14(19(20)21)10-13(15)11-18-9-7-16(2,3)12-18/h5-6,10,17H,4,7-9,11-12H2,1-3H3. The zero-order chi connectivity index (χ0) is 15.5. The fourth-order valence-corrected chi connectivity index (χ4v) is 2.86. The summed E-state index contributed by atoms with van der Waals surface area (Å²) in [5.74, 6) is 0. The van der Waals surface area contributed by atoms with E-state index in [0.717, 1.165) is 43.9 Å². The van der Waals surface area contributed by atoms with E-state index in [2.05, 4.69) is 31.0 Å². The second-order valence-electron chi connectivity index (χ2n) is 6.65. The van der Waals surface area contributed by atoms with Gasteiger partial charge in [-0.25, -0.2) is 0 Å². The van der Waals surface area contributed by atoms with E-state index in [9.17, 15) is 10.1 Å². The van der Waals surface area contributed by atoms with Gasteiger partial charge in [0.05, 0.1) is 4.92 Å². The normalized spacial score (nSPS) is 17.9. The van der Waals surface area contributed by atoms with Crippen LogP contribution >= 0.6 is 0 Å². The Labute approximate surface area is 126 Å². The molecule has 0 atom stereocenters. The van der Waals surface area contributed by atoms with Crippen LogP contribution in [0.15, 0.2) is 18.2 Å². The average molecular weight is 291 g/mol. The van der Waals surface area contributed by atoms with Crippen molar-refractivity contribution < 1.29 is 4.92 Å². The number of rotatable bonds is 6. The molecule has 116 valence electrons. The van der Waals surface area contributed by atoms with Crippen molar-refractivity contribution in [2.45, 2.75) is 40.2 Å². The minimum atomic E-state index is -0.318. The molecule has 1 aromatic rings. The van der Waals surface area contributed by atoms with Crippen LogP contribution in [0.3, 0.4) is 0 Å². The number of likely N-dealkylation sites (tertiary alicyclic amines) is 1. The Morgan fingerprint density at radius 2 is 2.19 bits per heavy atom. The van der Waals surface area contributed by atoms with Crippen molar-refractivity contribution in [3.05, 3.63) is 33.9 Å². The van der Waals surface area contributed by atoms with Crippen molar-refractivity contribution in [3.8, 4) is 0 Å². The maximum Gasteiger partial charge on any atom is 0.269 e. The van der Waals surface area contributed by atoms with Crippen molar-refractivity contribution in [1.29, 1.82) is 0 Å². The number of nitrogens with one attached hydrogen (secondary N) is 1. The van der Waals surface area contributed by atoms with Crippen LogP contribution < -0.4 is 5.32 Å². The Balaban J connectivity index is 2.17. The summed E-state index contributed by atoms with van der Waals surface area (Å²) in [5, 5.41) is 14.4. The first kappa shape index (κ1) is 15.8. The second-order valence-corrected chi connectivity index (χ2v) is 6.65. The van der Waals surface area contributed by atoms with E-state index in [4.69, 9.17) is 0 Å². The van der Waals surface area contributed by atoms with E-state index in [-0.39, 0.29) is 10.6 Å². The van der Waals surface area contributed by atoms with E-state index in [1.54, 1.807) is 12.1 Å². The Morgan fingerprint density at radius 1 is 1.43 bits per heavy atom. The SMILES string of the molecule is CCCNc1ccc([N+](=O)[O-])cc1CN1CCC(C)(C)C1. The molecule has 0 unspecified atom stereocenters. The predicted octanol–water partition coefficient (Wildman–Crippen LogP) is 3.65. The minimum Gasteiger partial charge on any atom is -0.385 e. The van der Waals surface area contributed by atoms with Gasteiger partial charge >= 0.3 is 0 Å². The number of hydrogen-bond acceptors (Lipinski definition) is 4. The maximum atomic E-state index is 11.0. The van der Waals surface area contributed by atoms with Gasteiger partial charge in [-0.1, -0.05) is 20.8 Å². The molecule has 1 aliphatic heterocycles. The van der Waals surface area contributed by atoms with Gasteiger partial charge in [-0.3, -0.25) is 15.0 Å². The van der Waals surface area contributed by atoms with Gasteiger partial charge in [-0.05, 0) is 36.4 Å². The molecule has 21 heavy (non-hydrogen) atoms. The maximum absolute atomic E-state index is 11.0. The lowest BCUT2D eigenvalue weighted by Crippen LogP contribution is -2.23. The number of nitro benzene ring substituents is 1. The van der Waals surface area contributed by atoms with Crippen molar-refractivity contribution in [2.75, 3.05) is 25.0 Å². The van der Waals surface area contributed by atoms with E-state index in [1.165, 1.54) is 6.42 Å². The molecule has 5 nitrogen and oxygen atoms in total. The van der Waals surface area contributed by atoms with Gasteiger partial charge in [-0.15, -0.1) is 0 Å². The molecule has 1 fully saturated rings. The van der Waals surface area contributed by atoms with Gasteiger partial charge < -0.3 is 5.32 Å². The third kappa shape index (κ3) is 4.17. The molecule has 1 aliphatic rings. The van der Waals surface area contributed by atoms with Gasteiger partial charge in [0.15, 0.2) is 0 Å². The van der Waals surface area contributed by atoms with Gasteiger partial charge in [0.1, 0.15) is 0 Å². The molecule has 0 saturated carbocycles. The first-order valence-corrected chi connectivity index (χ1v) is 7.65. The van der Waals surface area contributed by atoms with Crippen LogP contribution in [0.5, 0.6) is 0 Å². The number of benzene rings is 1. The quantitative estimate of drug-likeness (QED) is 0.642. The molecule has 0 amide bonds. The monoisotopic (exact) mass is 291 g/mol. The lowest BCUT2D eigenvalue weighted by atomic mass is 9.93. The van der Waals surface area contributed by atoms with E-state index >= 15 is 0 Å². The lowest BCUT2D eigenvalue weighted by Gasteiger charge is -2.21. The van der Waals surface area contributed by atoms with Crippen LogP contribution in [0, 0.1) is 15.5 Å². The van der Waals surface area contributed by atoms with Crippen LogP contribution in [0.4, 0.5) is 11.4 Å².